The van der Waals surface area contributed by atoms with Crippen molar-refractivity contribution in [3.63, 3.8) is 0 Å². The van der Waals surface area contributed by atoms with Crippen LogP contribution < -0.4 is 4.18 Å². The molecule has 172 valence electrons. The van der Waals surface area contributed by atoms with Crippen LogP contribution in [-0.4, -0.2) is 37.3 Å². The molecule has 1 saturated heterocycles. The molecule has 2 aromatic heterocycles. The molecule has 4 rings (SSSR count). The van der Waals surface area contributed by atoms with Crippen molar-refractivity contribution in [1.82, 2.24) is 9.61 Å². The lowest BCUT2D eigenvalue weighted by Crippen LogP contribution is -2.17. The van der Waals surface area contributed by atoms with E-state index in [1.165, 1.54) is 4.52 Å². The van der Waals surface area contributed by atoms with Crippen LogP contribution in [-0.2, 0) is 0 Å². The first kappa shape index (κ1) is 23.9. The summed E-state index contributed by atoms with van der Waals surface area (Å²) < 4.78 is 46.4. The van der Waals surface area contributed by atoms with Crippen molar-refractivity contribution in [2.75, 3.05) is 11.5 Å². The maximum atomic E-state index is 13.4. The Morgan fingerprint density at radius 3 is 2.67 bits per heavy atom. The van der Waals surface area contributed by atoms with Crippen LogP contribution in [0.25, 0.3) is 16.8 Å². The molecule has 3 heterocycles. The molecule has 0 bridgehead atoms. The molecule has 0 amide bonds. The third-order valence-corrected chi connectivity index (χ3v) is 8.45. The summed E-state index contributed by atoms with van der Waals surface area (Å²) in [5, 5.41) is 14.2. The van der Waals surface area contributed by atoms with Crippen molar-refractivity contribution in [1.29, 1.82) is 5.26 Å². The molecule has 1 aliphatic rings. The normalized spacial score (nSPS) is 14.4. The fourth-order valence-electron chi connectivity index (χ4n) is 3.68. The van der Waals surface area contributed by atoms with Crippen molar-refractivity contribution < 1.29 is 22.1 Å². The van der Waals surface area contributed by atoms with Gasteiger partial charge in [-0.2, -0.15) is 34.0 Å². The number of aryl methyl sites for hydroxylation is 1. The molecule has 0 spiro atoms. The highest BCUT2D eigenvalue weighted by Gasteiger charge is 2.34. The number of carbonyl (C=O) groups excluding carboxylic acids is 1. The quantitative estimate of drug-likeness (QED) is 0.202. The van der Waals surface area contributed by atoms with Crippen LogP contribution in [0.3, 0.4) is 0 Å². The number of pyridine rings is 1. The molecule has 1 fully saturated rings. The largest absolute Gasteiger partial charge is 0.479 e. The van der Waals surface area contributed by atoms with Gasteiger partial charge < -0.3 is 4.18 Å². The van der Waals surface area contributed by atoms with Gasteiger partial charge in [0, 0.05) is 16.2 Å². The zero-order chi connectivity index (χ0) is 23.8. The van der Waals surface area contributed by atoms with Gasteiger partial charge in [-0.15, -0.1) is 0 Å². The number of aromatic nitrogens is 2. The first-order valence-corrected chi connectivity index (χ1v) is 13.0. The molecule has 0 atom stereocenters. The number of Topliss-reactive ketones (excluding diaryl/α,β-unsaturated/α-hetero) is 1. The van der Waals surface area contributed by atoms with E-state index in [1.54, 1.807) is 19.2 Å². The van der Waals surface area contributed by atoms with Gasteiger partial charge in [0.2, 0.25) is 5.78 Å². The van der Waals surface area contributed by atoms with E-state index in [9.17, 15) is 23.2 Å². The Balaban J connectivity index is 1.91. The lowest BCUT2D eigenvalue weighted by atomic mass is 10.0. The number of alkyl halides is 3. The van der Waals surface area contributed by atoms with E-state index in [2.05, 4.69) is 21.0 Å². The zero-order valence-corrected chi connectivity index (χ0v) is 20.5. The van der Waals surface area contributed by atoms with Crippen LogP contribution >= 0.6 is 38.5 Å². The Kier molecular flexibility index (Phi) is 6.88. The number of carbonyl (C=O) groups is 1. The molecule has 5 nitrogen and oxygen atoms in total. The second kappa shape index (κ2) is 9.52. The van der Waals surface area contributed by atoms with Gasteiger partial charge in [-0.25, -0.2) is 4.52 Å². The lowest BCUT2D eigenvalue weighted by molar-refractivity contribution is -0.0369. The van der Waals surface area contributed by atoms with Gasteiger partial charge in [0.25, 0.3) is 0 Å². The molecular formula is C22H17BrF3N3O2S2. The Hall–Kier alpha value is -2.29. The third-order valence-electron chi connectivity index (χ3n) is 5.10. The molecule has 0 aliphatic carbocycles. The number of benzene rings is 1. The zero-order valence-electron chi connectivity index (χ0n) is 17.3. The summed E-state index contributed by atoms with van der Waals surface area (Å²) in [5.74, 6) is 0.657. The lowest BCUT2D eigenvalue weighted by Gasteiger charge is -2.15. The number of hydrogen-bond acceptors (Lipinski definition) is 5. The molecule has 0 radical (unpaired) electrons. The van der Waals surface area contributed by atoms with E-state index in [1.807, 2.05) is 30.3 Å². The van der Waals surface area contributed by atoms with E-state index in [4.69, 9.17) is 4.18 Å². The Morgan fingerprint density at radius 1 is 1.30 bits per heavy atom. The highest BCUT2D eigenvalue weighted by atomic mass is 79.9. The Bertz CT molecular complexity index is 1320. The van der Waals surface area contributed by atoms with Crippen LogP contribution in [0, 0.1) is 18.3 Å². The predicted octanol–water partition coefficient (Wildman–Crippen LogP) is 6.56. The van der Waals surface area contributed by atoms with Gasteiger partial charge in [0.1, 0.15) is 16.5 Å². The van der Waals surface area contributed by atoms with Gasteiger partial charge in [-0.1, -0.05) is 28.1 Å². The van der Waals surface area contributed by atoms with E-state index in [0.29, 0.717) is 11.3 Å². The minimum absolute atomic E-state index is 0.0316. The highest BCUT2D eigenvalue weighted by Crippen LogP contribution is 2.39. The van der Waals surface area contributed by atoms with Gasteiger partial charge in [0.05, 0.1) is 11.3 Å². The minimum Gasteiger partial charge on any atom is -0.414 e. The number of nitriles is 1. The molecular weight excluding hydrogens is 539 g/mol. The number of halogens is 4. The molecule has 3 aromatic rings. The maximum absolute atomic E-state index is 13.4. The van der Waals surface area contributed by atoms with E-state index in [-0.39, 0.29) is 21.7 Å². The molecule has 1 aromatic carbocycles. The van der Waals surface area contributed by atoms with Crippen molar-refractivity contribution >= 4 is 54.6 Å². The number of rotatable bonds is 5. The number of fused-ring (bicyclic) bond motifs is 1. The average molecular weight is 556 g/mol. The fourth-order valence-corrected chi connectivity index (χ4v) is 6.64. The standard InChI is InChI=1S/C22H17BrF3N3O2S2/c1-13-12-29-17(10-16(28-29)14-5-4-6-15(23)9-14)21(31-32-22(24,25)26)19(13)20(30)18(11-27)33-7-2-3-8-33/h4-6,9-10,12H,2-3,7-8H2,1H3. The first-order chi connectivity index (χ1) is 15.7. The van der Waals surface area contributed by atoms with Gasteiger partial charge in [-0.3, -0.25) is 4.79 Å². The van der Waals surface area contributed by atoms with Crippen molar-refractivity contribution in [3.05, 3.63) is 52.1 Å². The minimum atomic E-state index is -4.68. The summed E-state index contributed by atoms with van der Waals surface area (Å²) in [6.45, 7) is 1.60. The van der Waals surface area contributed by atoms with Gasteiger partial charge >= 0.3 is 5.51 Å². The summed E-state index contributed by atoms with van der Waals surface area (Å²) in [7, 11) is -0.500. The van der Waals surface area contributed by atoms with Crippen molar-refractivity contribution in [3.8, 4) is 23.1 Å². The van der Waals surface area contributed by atoms with Crippen LogP contribution in [0.5, 0.6) is 5.75 Å². The molecule has 0 N–H and O–H groups in total. The molecule has 11 heteroatoms. The summed E-state index contributed by atoms with van der Waals surface area (Å²) in [6.07, 6.45) is 3.42. The molecule has 0 unspecified atom stereocenters. The van der Waals surface area contributed by atoms with Crippen molar-refractivity contribution in [2.45, 2.75) is 25.3 Å². The number of ketones is 1. The average Bonchev–Trinajstić information content (AvgIpc) is 3.41. The fraction of sp³-hybridized carbons (Fsp3) is 0.273. The predicted molar refractivity (Wildman–Crippen MR) is 129 cm³/mol. The number of nitrogens with zero attached hydrogens (tertiary/aromatic N) is 3. The smallest absolute Gasteiger partial charge is 0.414 e. The Morgan fingerprint density at radius 2 is 2.03 bits per heavy atom. The van der Waals surface area contributed by atoms with Crippen LogP contribution in [0.4, 0.5) is 13.2 Å². The van der Waals surface area contributed by atoms with E-state index in [0.717, 1.165) is 34.4 Å². The van der Waals surface area contributed by atoms with Crippen LogP contribution in [0.1, 0.15) is 28.8 Å². The van der Waals surface area contributed by atoms with Crippen molar-refractivity contribution in [2.24, 2.45) is 0 Å². The third kappa shape index (κ3) is 5.13. The second-order valence-electron chi connectivity index (χ2n) is 7.38. The summed E-state index contributed by atoms with van der Waals surface area (Å²) in [6, 6.07) is 10.9. The second-order valence-corrected chi connectivity index (χ2v) is 11.3. The first-order valence-electron chi connectivity index (χ1n) is 9.88. The topological polar surface area (TPSA) is 67.4 Å². The Labute approximate surface area is 203 Å². The van der Waals surface area contributed by atoms with Crippen LogP contribution in [0.15, 0.2) is 41.0 Å². The van der Waals surface area contributed by atoms with E-state index < -0.39 is 33.8 Å². The van der Waals surface area contributed by atoms with Gasteiger partial charge in [0.15, 0.2) is 17.8 Å². The van der Waals surface area contributed by atoms with E-state index >= 15 is 0 Å². The summed E-state index contributed by atoms with van der Waals surface area (Å²) in [4.78, 5) is 13.5. The molecule has 1 aliphatic heterocycles. The molecule has 33 heavy (non-hydrogen) atoms. The van der Waals surface area contributed by atoms with Gasteiger partial charge in [-0.05, 0) is 55.0 Å². The summed E-state index contributed by atoms with van der Waals surface area (Å²) in [5.41, 5.74) is -2.87. The van der Waals surface area contributed by atoms with Crippen LogP contribution in [0.2, 0.25) is 0 Å². The molecule has 0 saturated carbocycles. The summed E-state index contributed by atoms with van der Waals surface area (Å²) >= 11 is 2.71. The maximum Gasteiger partial charge on any atom is 0.479 e. The SMILES string of the molecule is Cc1cn2nc(-c3cccc(Br)c3)cc2c(OSC(F)(F)F)c1C(=O)C(C#N)=S1CCCC1. The monoisotopic (exact) mass is 555 g/mol. The number of hydrogen-bond donors (Lipinski definition) is 0. The highest BCUT2D eigenvalue weighted by molar-refractivity contribution is 9.10.